The second-order valence-corrected chi connectivity index (χ2v) is 10.5. The van der Waals surface area contributed by atoms with Crippen LogP contribution < -0.4 is 5.69 Å². The number of aromatic nitrogens is 4. The van der Waals surface area contributed by atoms with Crippen LogP contribution >= 0.6 is 0 Å². The van der Waals surface area contributed by atoms with Gasteiger partial charge in [0, 0.05) is 37.0 Å². The first-order valence-electron chi connectivity index (χ1n) is 12.6. The van der Waals surface area contributed by atoms with E-state index in [1.165, 1.54) is 4.57 Å². The van der Waals surface area contributed by atoms with Crippen LogP contribution in [0.15, 0.2) is 58.6 Å². The molecule has 0 spiro atoms. The van der Waals surface area contributed by atoms with Gasteiger partial charge >= 0.3 is 11.8 Å². The Morgan fingerprint density at radius 1 is 1.00 bits per heavy atom. The van der Waals surface area contributed by atoms with Gasteiger partial charge in [-0.1, -0.05) is 30.3 Å². The lowest BCUT2D eigenvalue weighted by Crippen LogP contribution is -2.43. The van der Waals surface area contributed by atoms with Crippen LogP contribution in [-0.4, -0.2) is 48.4 Å². The number of cyclic esters (lactones) is 1. The van der Waals surface area contributed by atoms with Crippen molar-refractivity contribution in [3.05, 3.63) is 70.5 Å². The van der Waals surface area contributed by atoms with Crippen LogP contribution in [0.3, 0.4) is 0 Å². The number of ether oxygens (including phenoxy) is 1. The van der Waals surface area contributed by atoms with Crippen molar-refractivity contribution in [2.75, 3.05) is 0 Å². The number of aliphatic imine (C=N–C) groups is 1. The van der Waals surface area contributed by atoms with E-state index < -0.39 is 5.60 Å². The molecule has 0 bridgehead atoms. The van der Waals surface area contributed by atoms with Crippen LogP contribution in [0.4, 0.5) is 10.6 Å². The van der Waals surface area contributed by atoms with E-state index in [1.54, 1.807) is 18.5 Å². The fraction of sp³-hybridized carbons (Fsp3) is 0.444. The molecule has 1 amide bonds. The van der Waals surface area contributed by atoms with E-state index in [4.69, 9.17) is 4.74 Å². The average Bonchev–Trinajstić information content (AvgIpc) is 3.35. The summed E-state index contributed by atoms with van der Waals surface area (Å²) in [4.78, 5) is 43.6. The van der Waals surface area contributed by atoms with Gasteiger partial charge in [-0.2, -0.15) is 0 Å². The van der Waals surface area contributed by atoms with Gasteiger partial charge < -0.3 is 4.74 Å². The van der Waals surface area contributed by atoms with Gasteiger partial charge in [0.05, 0.1) is 11.7 Å². The van der Waals surface area contributed by atoms with Crippen LogP contribution in [-0.2, 0) is 11.2 Å². The number of fused-ring (bicyclic) bond motifs is 1. The Hall–Kier alpha value is -3.75. The van der Waals surface area contributed by atoms with Crippen LogP contribution in [0, 0.1) is 11.8 Å². The van der Waals surface area contributed by atoms with Crippen molar-refractivity contribution in [2.24, 2.45) is 16.8 Å². The van der Waals surface area contributed by atoms with Crippen molar-refractivity contribution in [1.82, 2.24) is 24.4 Å². The number of nitrogens with zero attached hydrogens (tertiary/aromatic N) is 5. The highest BCUT2D eigenvalue weighted by Crippen LogP contribution is 2.46. The van der Waals surface area contributed by atoms with Gasteiger partial charge in [-0.3, -0.25) is 9.88 Å². The summed E-state index contributed by atoms with van der Waals surface area (Å²) in [6, 6.07) is 11.9. The van der Waals surface area contributed by atoms with Gasteiger partial charge in [0.25, 0.3) is 0 Å². The third-order valence-electron chi connectivity index (χ3n) is 7.90. The Morgan fingerprint density at radius 2 is 1.72 bits per heavy atom. The van der Waals surface area contributed by atoms with Gasteiger partial charge in [0.2, 0.25) is 5.95 Å². The Kier molecular flexibility index (Phi) is 5.50. The van der Waals surface area contributed by atoms with Crippen molar-refractivity contribution < 1.29 is 9.53 Å². The van der Waals surface area contributed by atoms with E-state index in [2.05, 4.69) is 32.1 Å². The van der Waals surface area contributed by atoms with Crippen molar-refractivity contribution in [3.8, 4) is 5.95 Å². The van der Waals surface area contributed by atoms with E-state index in [0.717, 1.165) is 36.9 Å². The largest absolute Gasteiger partial charge is 0.441 e. The van der Waals surface area contributed by atoms with E-state index in [0.29, 0.717) is 24.1 Å². The van der Waals surface area contributed by atoms with E-state index >= 15 is 0 Å². The molecule has 2 unspecified atom stereocenters. The summed E-state index contributed by atoms with van der Waals surface area (Å²) >= 11 is 0. The molecular weight excluding hydrogens is 456 g/mol. The molecule has 2 aliphatic heterocycles. The zero-order valence-electron chi connectivity index (χ0n) is 20.5. The number of amides is 1. The van der Waals surface area contributed by atoms with E-state index in [-0.39, 0.29) is 29.8 Å². The van der Waals surface area contributed by atoms with Crippen LogP contribution in [0.25, 0.3) is 5.95 Å². The number of hydrogen-bond donors (Lipinski definition) is 1. The molecule has 186 valence electrons. The quantitative estimate of drug-likeness (QED) is 0.590. The fourth-order valence-corrected chi connectivity index (χ4v) is 6.24. The summed E-state index contributed by atoms with van der Waals surface area (Å²) in [5.74, 6) is 1.59. The summed E-state index contributed by atoms with van der Waals surface area (Å²) in [6.07, 6.45) is 9.53. The summed E-state index contributed by atoms with van der Waals surface area (Å²) in [5, 5.41) is 0. The molecule has 1 aliphatic carbocycles. The Bertz CT molecular complexity index is 1340. The monoisotopic (exact) mass is 486 g/mol. The molecule has 2 atom stereocenters. The lowest BCUT2D eigenvalue weighted by molar-refractivity contribution is 0.0660. The highest BCUT2D eigenvalue weighted by Gasteiger charge is 2.51. The number of rotatable bonds is 4. The number of carbonyl (C=O) groups excluding carboxylic acids is 1. The molecule has 4 heterocycles. The van der Waals surface area contributed by atoms with Gasteiger partial charge in [0.1, 0.15) is 5.60 Å². The van der Waals surface area contributed by atoms with Gasteiger partial charge in [-0.25, -0.2) is 29.1 Å². The summed E-state index contributed by atoms with van der Waals surface area (Å²) in [5.41, 5.74) is 1.08. The lowest BCUT2D eigenvalue weighted by Gasteiger charge is -2.39. The minimum absolute atomic E-state index is 0.105. The molecule has 36 heavy (non-hydrogen) atoms. The third-order valence-corrected chi connectivity index (χ3v) is 7.90. The maximum absolute atomic E-state index is 13.0. The van der Waals surface area contributed by atoms with E-state index in [9.17, 15) is 9.59 Å². The second kappa shape index (κ2) is 8.72. The molecule has 3 aromatic rings. The maximum Gasteiger partial charge on any atom is 0.411 e. The molecule has 3 aliphatic rings. The highest BCUT2D eigenvalue weighted by molar-refractivity contribution is 5.73. The fourth-order valence-electron chi connectivity index (χ4n) is 6.24. The summed E-state index contributed by atoms with van der Waals surface area (Å²) < 4.78 is 7.38. The topological polar surface area (TPSA) is 105 Å². The number of imidazole rings is 1. The van der Waals surface area contributed by atoms with Crippen molar-refractivity contribution in [1.29, 1.82) is 0 Å². The standard InChI is InChI=1S/C27H30N6O3/c1-27(2)22(18-7-4-3-5-8-18)32(26(35)36-27)20-11-9-17(10-12-20)19-15-21-23(30-16-19)31-25(34)33(21)24-28-13-6-14-29-24/h3-8,13-14,16-17,19-20,22H,9-12,15H2,1-2H3,(H,31,34). The first kappa shape index (κ1) is 22.7. The van der Waals surface area contributed by atoms with Crippen LogP contribution in [0.5, 0.6) is 0 Å². The second-order valence-electron chi connectivity index (χ2n) is 10.5. The lowest BCUT2D eigenvalue weighted by atomic mass is 9.75. The number of nitrogens with one attached hydrogen (secondary N) is 1. The van der Waals surface area contributed by atoms with Crippen LogP contribution in [0.2, 0.25) is 0 Å². The number of H-pyrrole nitrogens is 1. The Labute approximate surface area is 209 Å². The van der Waals surface area contributed by atoms with Crippen molar-refractivity contribution in [2.45, 2.75) is 63.6 Å². The molecule has 0 radical (unpaired) electrons. The predicted octanol–water partition coefficient (Wildman–Crippen LogP) is 4.36. The normalized spacial score (nSPS) is 27.1. The first-order valence-corrected chi connectivity index (χ1v) is 12.6. The smallest absolute Gasteiger partial charge is 0.411 e. The number of carbonyl (C=O) groups is 1. The molecule has 1 N–H and O–H groups in total. The van der Waals surface area contributed by atoms with Crippen molar-refractivity contribution >= 4 is 18.1 Å². The van der Waals surface area contributed by atoms with Crippen LogP contribution in [0.1, 0.15) is 56.8 Å². The molecule has 1 saturated carbocycles. The molecule has 9 nitrogen and oxygen atoms in total. The Balaban J connectivity index is 1.18. The molecule has 2 fully saturated rings. The minimum atomic E-state index is -0.584. The minimum Gasteiger partial charge on any atom is -0.441 e. The highest BCUT2D eigenvalue weighted by atomic mass is 16.6. The third kappa shape index (κ3) is 3.83. The number of hydrogen-bond acceptors (Lipinski definition) is 6. The molecule has 1 saturated heterocycles. The zero-order chi connectivity index (χ0) is 24.9. The zero-order valence-corrected chi connectivity index (χ0v) is 20.5. The molecule has 2 aromatic heterocycles. The number of aromatic amines is 1. The van der Waals surface area contributed by atoms with Gasteiger partial charge in [0.15, 0.2) is 5.82 Å². The summed E-state index contributed by atoms with van der Waals surface area (Å²) in [6.45, 7) is 3.99. The molecule has 6 rings (SSSR count). The average molecular weight is 487 g/mol. The maximum atomic E-state index is 13.0. The molecule has 9 heteroatoms. The van der Waals surface area contributed by atoms with E-state index in [1.807, 2.05) is 43.2 Å². The Morgan fingerprint density at radius 3 is 2.44 bits per heavy atom. The molecule has 1 aromatic carbocycles. The van der Waals surface area contributed by atoms with Gasteiger partial charge in [-0.05, 0) is 57.1 Å². The molecular formula is C27H30N6O3. The van der Waals surface area contributed by atoms with Crippen molar-refractivity contribution in [3.63, 3.8) is 0 Å². The SMILES string of the molecule is CC1(C)OC(=O)N(C2CCC(C3C=Nc4[nH]c(=O)n(-c5ncccn5)c4C3)CC2)C1c1ccccc1. The predicted molar refractivity (Wildman–Crippen MR) is 135 cm³/mol. The summed E-state index contributed by atoms with van der Waals surface area (Å²) in [7, 11) is 0. The van der Waals surface area contributed by atoms with Gasteiger partial charge in [-0.15, -0.1) is 0 Å². The number of benzene rings is 1. The first-order chi connectivity index (χ1) is 17.4.